The first-order valence-corrected chi connectivity index (χ1v) is 9.74. The molecule has 9 nitrogen and oxygen atoms in total. The Kier molecular flexibility index (Phi) is 8.44. The number of nitrogens with zero attached hydrogens (tertiary/aromatic N) is 5. The van der Waals surface area contributed by atoms with Gasteiger partial charge in [0.1, 0.15) is 5.60 Å². The van der Waals surface area contributed by atoms with E-state index in [4.69, 9.17) is 4.74 Å². The summed E-state index contributed by atoms with van der Waals surface area (Å²) in [7, 11) is 1.76. The number of amides is 1. The second-order valence-corrected chi connectivity index (χ2v) is 7.95. The third kappa shape index (κ3) is 6.85. The number of ether oxygens (including phenoxy) is 1. The Hall–Kier alpha value is -2.37. The van der Waals surface area contributed by atoms with Gasteiger partial charge in [-0.25, -0.2) is 14.5 Å². The maximum atomic E-state index is 12.0. The van der Waals surface area contributed by atoms with Crippen molar-refractivity contribution in [3.8, 4) is 5.82 Å². The summed E-state index contributed by atoms with van der Waals surface area (Å²) >= 11 is 0. The molecule has 1 atom stereocenters. The van der Waals surface area contributed by atoms with E-state index in [1.807, 2.05) is 45.2 Å². The van der Waals surface area contributed by atoms with Crippen LogP contribution in [0.1, 0.15) is 32.8 Å². The third-order valence-electron chi connectivity index (χ3n) is 4.42. The van der Waals surface area contributed by atoms with Crippen molar-refractivity contribution in [1.29, 1.82) is 0 Å². The Bertz CT molecular complexity index is 849. The molecule has 1 amide bonds. The lowest BCUT2D eigenvalue weighted by Crippen LogP contribution is -2.44. The molecule has 3 heterocycles. The van der Waals surface area contributed by atoms with Crippen LogP contribution in [0.15, 0.2) is 41.8 Å². The van der Waals surface area contributed by atoms with Gasteiger partial charge in [0, 0.05) is 45.3 Å². The second kappa shape index (κ2) is 10.6. The summed E-state index contributed by atoms with van der Waals surface area (Å²) in [6.45, 7) is 7.69. The van der Waals surface area contributed by atoms with Crippen LogP contribution in [0, 0.1) is 0 Å². The van der Waals surface area contributed by atoms with Gasteiger partial charge in [0.25, 0.3) is 0 Å². The van der Waals surface area contributed by atoms with Crippen LogP contribution >= 0.6 is 24.0 Å². The number of aromatic nitrogens is 3. The number of rotatable bonds is 4. The molecule has 0 radical (unpaired) electrons. The number of hydrogen-bond donors (Lipinski definition) is 2. The Balaban J connectivity index is 0.00000320. The zero-order valence-electron chi connectivity index (χ0n) is 17.8. The molecule has 0 aromatic carbocycles. The fourth-order valence-corrected chi connectivity index (χ4v) is 3.16. The summed E-state index contributed by atoms with van der Waals surface area (Å²) in [4.78, 5) is 22.9. The quantitative estimate of drug-likeness (QED) is 0.361. The molecule has 0 bridgehead atoms. The molecule has 3 rings (SSSR count). The zero-order chi connectivity index (χ0) is 20.9. The fraction of sp³-hybridized carbons (Fsp3) is 0.500. The Labute approximate surface area is 194 Å². The number of aliphatic imine (C=N–C) groups is 1. The molecule has 0 saturated carbocycles. The molecule has 1 fully saturated rings. The summed E-state index contributed by atoms with van der Waals surface area (Å²) in [5.74, 6) is 1.57. The van der Waals surface area contributed by atoms with Gasteiger partial charge in [0.15, 0.2) is 11.8 Å². The lowest BCUT2D eigenvalue weighted by molar-refractivity contribution is 0.0507. The van der Waals surface area contributed by atoms with Crippen LogP contribution in [-0.2, 0) is 11.3 Å². The first kappa shape index (κ1) is 23.9. The number of nitrogens with one attached hydrogen (secondary N) is 2. The van der Waals surface area contributed by atoms with Gasteiger partial charge < -0.3 is 20.3 Å². The van der Waals surface area contributed by atoms with E-state index in [9.17, 15) is 4.79 Å². The molecule has 0 spiro atoms. The number of alkyl carbamates (subject to hydrolysis) is 1. The van der Waals surface area contributed by atoms with Crippen LogP contribution in [0.5, 0.6) is 0 Å². The number of halogens is 1. The van der Waals surface area contributed by atoms with Crippen molar-refractivity contribution >= 4 is 36.0 Å². The molecular weight excluding hydrogens is 497 g/mol. The molecule has 2 N–H and O–H groups in total. The SMILES string of the molecule is CN=C(NCc1ccnc(-n2cccn2)c1)N1CCC(NC(=O)OC(C)(C)C)C1.I. The smallest absolute Gasteiger partial charge is 0.407 e. The molecule has 10 heteroatoms. The standard InChI is InChI=1S/C20H29N7O2.HI/c1-20(2,3)29-19(28)25-16-7-11-26(14-16)18(21-4)23-13-15-6-9-22-17(12-15)27-10-5-8-24-27;/h5-6,8-10,12,16H,7,11,13-14H2,1-4H3,(H,21,23)(H,25,28);1H. The minimum absolute atomic E-state index is 0. The van der Waals surface area contributed by atoms with Gasteiger partial charge in [-0.1, -0.05) is 0 Å². The fourth-order valence-electron chi connectivity index (χ4n) is 3.16. The highest BCUT2D eigenvalue weighted by Crippen LogP contribution is 2.12. The number of hydrogen-bond acceptors (Lipinski definition) is 5. The highest BCUT2D eigenvalue weighted by Gasteiger charge is 2.27. The molecule has 0 aliphatic carbocycles. The Morgan fingerprint density at radius 3 is 2.83 bits per heavy atom. The van der Waals surface area contributed by atoms with Crippen LogP contribution < -0.4 is 10.6 Å². The highest BCUT2D eigenvalue weighted by atomic mass is 127. The predicted molar refractivity (Wildman–Crippen MR) is 126 cm³/mol. The number of guanidine groups is 1. The molecule has 164 valence electrons. The monoisotopic (exact) mass is 527 g/mol. The maximum Gasteiger partial charge on any atom is 0.407 e. The number of carbonyl (C=O) groups is 1. The van der Waals surface area contributed by atoms with Gasteiger partial charge in [-0.3, -0.25) is 4.99 Å². The van der Waals surface area contributed by atoms with Gasteiger partial charge >= 0.3 is 6.09 Å². The lowest BCUT2D eigenvalue weighted by atomic mass is 10.2. The van der Waals surface area contributed by atoms with E-state index in [0.717, 1.165) is 30.3 Å². The van der Waals surface area contributed by atoms with Crippen molar-refractivity contribution in [1.82, 2.24) is 30.3 Å². The topological polar surface area (TPSA) is 96.7 Å². The summed E-state index contributed by atoms with van der Waals surface area (Å²) in [6, 6.07) is 5.85. The van der Waals surface area contributed by atoms with Crippen molar-refractivity contribution in [2.45, 2.75) is 45.4 Å². The van der Waals surface area contributed by atoms with E-state index in [1.54, 1.807) is 24.1 Å². The average Bonchev–Trinajstić information content (AvgIpc) is 3.33. The van der Waals surface area contributed by atoms with Crippen molar-refractivity contribution < 1.29 is 9.53 Å². The van der Waals surface area contributed by atoms with Crippen LogP contribution in [-0.4, -0.2) is 63.5 Å². The maximum absolute atomic E-state index is 12.0. The molecule has 2 aromatic heterocycles. The number of pyridine rings is 1. The molecule has 1 saturated heterocycles. The number of likely N-dealkylation sites (tertiary alicyclic amines) is 1. The van der Waals surface area contributed by atoms with Gasteiger partial charge in [-0.05, 0) is 51.0 Å². The molecule has 1 aliphatic heterocycles. The predicted octanol–water partition coefficient (Wildman–Crippen LogP) is 2.56. The minimum Gasteiger partial charge on any atom is -0.444 e. The van der Waals surface area contributed by atoms with Gasteiger partial charge in [-0.2, -0.15) is 5.10 Å². The van der Waals surface area contributed by atoms with Crippen LogP contribution in [0.2, 0.25) is 0 Å². The van der Waals surface area contributed by atoms with Gasteiger partial charge in [0.05, 0.1) is 6.04 Å². The summed E-state index contributed by atoms with van der Waals surface area (Å²) in [5.41, 5.74) is 0.578. The second-order valence-electron chi connectivity index (χ2n) is 7.95. The largest absolute Gasteiger partial charge is 0.444 e. The first-order valence-electron chi connectivity index (χ1n) is 9.74. The molecule has 30 heavy (non-hydrogen) atoms. The van der Waals surface area contributed by atoms with Crippen LogP contribution in [0.3, 0.4) is 0 Å². The minimum atomic E-state index is -0.500. The highest BCUT2D eigenvalue weighted by molar-refractivity contribution is 14.0. The molecule has 1 aliphatic rings. The van der Waals surface area contributed by atoms with Crippen molar-refractivity contribution in [3.05, 3.63) is 42.4 Å². The lowest BCUT2D eigenvalue weighted by Gasteiger charge is -2.23. The van der Waals surface area contributed by atoms with Crippen molar-refractivity contribution in [2.24, 2.45) is 4.99 Å². The zero-order valence-corrected chi connectivity index (χ0v) is 20.2. The Morgan fingerprint density at radius 2 is 2.17 bits per heavy atom. The average molecular weight is 527 g/mol. The summed E-state index contributed by atoms with van der Waals surface area (Å²) in [6.07, 6.45) is 5.83. The molecule has 1 unspecified atom stereocenters. The number of carbonyl (C=O) groups excluding carboxylic acids is 1. The van der Waals surface area contributed by atoms with E-state index in [1.165, 1.54) is 0 Å². The van der Waals surface area contributed by atoms with E-state index < -0.39 is 5.60 Å². The van der Waals surface area contributed by atoms with Crippen LogP contribution in [0.25, 0.3) is 5.82 Å². The molecular formula is C20H30IN7O2. The van der Waals surface area contributed by atoms with E-state index in [0.29, 0.717) is 13.1 Å². The first-order chi connectivity index (χ1) is 13.8. The normalized spacial score (nSPS) is 16.7. The van der Waals surface area contributed by atoms with Crippen LogP contribution in [0.4, 0.5) is 4.79 Å². The van der Waals surface area contributed by atoms with E-state index >= 15 is 0 Å². The summed E-state index contributed by atoms with van der Waals surface area (Å²) < 4.78 is 7.07. The molecule has 2 aromatic rings. The van der Waals surface area contributed by atoms with E-state index in [-0.39, 0.29) is 36.1 Å². The summed E-state index contributed by atoms with van der Waals surface area (Å²) in [5, 5.41) is 10.5. The van der Waals surface area contributed by atoms with Gasteiger partial charge in [-0.15, -0.1) is 24.0 Å². The van der Waals surface area contributed by atoms with Crippen molar-refractivity contribution in [2.75, 3.05) is 20.1 Å². The third-order valence-corrected chi connectivity index (χ3v) is 4.42. The Morgan fingerprint density at radius 1 is 1.37 bits per heavy atom. The van der Waals surface area contributed by atoms with Gasteiger partial charge in [0.2, 0.25) is 0 Å². The van der Waals surface area contributed by atoms with Crippen molar-refractivity contribution in [3.63, 3.8) is 0 Å². The van der Waals surface area contributed by atoms with E-state index in [2.05, 4.69) is 30.6 Å².